The number of carbonyl (C=O) groups excluding carboxylic acids is 1. The van der Waals surface area contributed by atoms with E-state index < -0.39 is 0 Å². The van der Waals surface area contributed by atoms with E-state index in [9.17, 15) is 4.79 Å². The van der Waals surface area contributed by atoms with E-state index in [0.717, 1.165) is 0 Å². The van der Waals surface area contributed by atoms with Crippen LogP contribution in [0.2, 0.25) is 0 Å². The summed E-state index contributed by atoms with van der Waals surface area (Å²) in [7, 11) is 0. The molecule has 2 aliphatic rings. The Kier molecular flexibility index (Phi) is 3.39. The van der Waals surface area contributed by atoms with Crippen LogP contribution in [-0.4, -0.2) is 35.6 Å². The summed E-state index contributed by atoms with van der Waals surface area (Å²) >= 11 is 0. The van der Waals surface area contributed by atoms with E-state index in [0.29, 0.717) is 11.5 Å². The number of aliphatic imine (C=N–C) groups is 3. The molecule has 0 bridgehead atoms. The Bertz CT molecular complexity index is 311. The second-order valence-electron chi connectivity index (χ2n) is 1.78. The number of nitrogens with zero attached hydrogens (tertiary/aromatic N) is 3. The van der Waals surface area contributed by atoms with Crippen molar-refractivity contribution in [2.24, 2.45) is 15.0 Å². The highest BCUT2D eigenvalue weighted by atomic mass is 35.5. The zero-order chi connectivity index (χ0) is 6.97. The molecule has 0 saturated carbocycles. The van der Waals surface area contributed by atoms with Gasteiger partial charge in [-0.15, -0.1) is 0 Å². The van der Waals surface area contributed by atoms with E-state index in [1.54, 1.807) is 0 Å². The van der Waals surface area contributed by atoms with E-state index in [4.69, 9.17) is 0 Å². The third kappa shape index (κ3) is 1.44. The van der Waals surface area contributed by atoms with Crippen LogP contribution in [0, 0.1) is 0 Å². The van der Waals surface area contributed by atoms with Gasteiger partial charge in [-0.3, -0.25) is 0 Å². The lowest BCUT2D eigenvalue weighted by molar-refractivity contribution is -0.363. The molecule has 0 spiro atoms. The van der Waals surface area contributed by atoms with Gasteiger partial charge in [-0.25, -0.2) is 14.8 Å². The average Bonchev–Trinajstić information content (AvgIpc) is 2.36. The van der Waals surface area contributed by atoms with Crippen molar-refractivity contribution in [1.82, 2.24) is 0 Å². The number of hydrogen-bond donors (Lipinski definition) is 1. The van der Waals surface area contributed by atoms with Gasteiger partial charge in [0, 0.05) is 0 Å². The molecule has 6 nitrogen and oxygen atoms in total. The first-order chi connectivity index (χ1) is 4.88. The molecule has 0 aromatic heterocycles. The van der Waals surface area contributed by atoms with Gasteiger partial charge in [-0.2, -0.15) is 4.99 Å². The number of fused-ring (bicyclic) bond motifs is 1. The first-order valence-corrected chi connectivity index (χ1v) is 2.69. The molecular formula is C5H5ClN4O2. The SMILES string of the molecule is O.O=C1[NH+]=CN=C2N=CN=C12.[Cl-]. The van der Waals surface area contributed by atoms with Gasteiger partial charge >= 0.3 is 11.7 Å². The third-order valence-corrected chi connectivity index (χ3v) is 1.18. The molecule has 7 heteroatoms. The average molecular weight is 189 g/mol. The van der Waals surface area contributed by atoms with E-state index in [1.165, 1.54) is 12.7 Å². The maximum absolute atomic E-state index is 10.8. The summed E-state index contributed by atoms with van der Waals surface area (Å²) in [6, 6.07) is 0. The maximum Gasteiger partial charge on any atom is 0.363 e. The Morgan fingerprint density at radius 3 is 2.75 bits per heavy atom. The van der Waals surface area contributed by atoms with Gasteiger partial charge in [-0.05, 0) is 4.99 Å². The molecule has 0 aliphatic carbocycles. The molecule has 0 radical (unpaired) electrons. The second kappa shape index (κ2) is 3.84. The van der Waals surface area contributed by atoms with E-state index in [2.05, 4.69) is 20.0 Å². The smallest absolute Gasteiger partial charge is 0.363 e. The fraction of sp³-hybridized carbons (Fsp3) is 0. The highest BCUT2D eigenvalue weighted by molar-refractivity contribution is 6.68. The lowest BCUT2D eigenvalue weighted by Gasteiger charge is -1.89. The van der Waals surface area contributed by atoms with Crippen molar-refractivity contribution >= 4 is 30.1 Å². The topological polar surface area (TPSA) is 99.6 Å². The molecule has 0 aromatic rings. The van der Waals surface area contributed by atoms with E-state index >= 15 is 0 Å². The standard InChI is InChI=1S/C5H2N4O.ClH.H2O/c10-5-3-4(7-1-6-3)8-2-9-5;;/h1-2H;1H;1H2. The molecule has 0 atom stereocenters. The van der Waals surface area contributed by atoms with Crippen molar-refractivity contribution < 1.29 is 27.7 Å². The van der Waals surface area contributed by atoms with E-state index in [-0.39, 0.29) is 23.8 Å². The number of hydrogen-bond acceptors (Lipinski definition) is 4. The first-order valence-electron chi connectivity index (χ1n) is 2.69. The van der Waals surface area contributed by atoms with Crippen molar-refractivity contribution in [3.05, 3.63) is 0 Å². The number of amides is 1. The van der Waals surface area contributed by atoms with Crippen molar-refractivity contribution in [2.75, 3.05) is 0 Å². The minimum atomic E-state index is -0.248. The van der Waals surface area contributed by atoms with Crippen LogP contribution in [0.4, 0.5) is 0 Å². The quantitative estimate of drug-likeness (QED) is 0.402. The molecule has 2 heterocycles. The maximum atomic E-state index is 10.8. The van der Waals surface area contributed by atoms with Crippen LogP contribution in [0.25, 0.3) is 0 Å². The fourth-order valence-corrected chi connectivity index (χ4v) is 0.735. The Morgan fingerprint density at radius 2 is 2.08 bits per heavy atom. The van der Waals surface area contributed by atoms with Crippen LogP contribution < -0.4 is 17.4 Å². The number of nitrogens with one attached hydrogen (secondary N) is 1. The van der Waals surface area contributed by atoms with Gasteiger partial charge < -0.3 is 17.9 Å². The van der Waals surface area contributed by atoms with Crippen molar-refractivity contribution in [2.45, 2.75) is 0 Å². The Hall–Kier alpha value is -1.40. The number of carbonyl (C=O) groups is 1. The molecule has 0 aromatic carbocycles. The van der Waals surface area contributed by atoms with Crippen molar-refractivity contribution in [3.8, 4) is 0 Å². The minimum absolute atomic E-state index is 0. The molecule has 1 amide bonds. The van der Waals surface area contributed by atoms with Crippen LogP contribution in [0.15, 0.2) is 15.0 Å². The van der Waals surface area contributed by atoms with Crippen LogP contribution in [0.1, 0.15) is 0 Å². The highest BCUT2D eigenvalue weighted by Gasteiger charge is 2.28. The predicted octanol–water partition coefficient (Wildman–Crippen LogP) is -6.30. The van der Waals surface area contributed by atoms with Gasteiger partial charge in [0.25, 0.3) is 6.34 Å². The largest absolute Gasteiger partial charge is 1.00 e. The second-order valence-corrected chi connectivity index (χ2v) is 1.78. The van der Waals surface area contributed by atoms with E-state index in [1.807, 2.05) is 0 Å². The summed E-state index contributed by atoms with van der Waals surface area (Å²) in [5.41, 5.74) is 0.294. The molecule has 0 fully saturated rings. The minimum Gasteiger partial charge on any atom is -1.00 e. The fourth-order valence-electron chi connectivity index (χ4n) is 0.735. The van der Waals surface area contributed by atoms with Gasteiger partial charge in [0.2, 0.25) is 5.71 Å². The Balaban J connectivity index is 0.000000605. The van der Waals surface area contributed by atoms with Crippen LogP contribution in [-0.2, 0) is 4.79 Å². The molecule has 3 N–H and O–H groups in total. The molecule has 12 heavy (non-hydrogen) atoms. The van der Waals surface area contributed by atoms with Crippen LogP contribution >= 0.6 is 0 Å². The van der Waals surface area contributed by atoms with Gasteiger partial charge in [0.15, 0.2) is 0 Å². The number of amidine groups is 1. The number of rotatable bonds is 0. The Labute approximate surface area is 73.6 Å². The van der Waals surface area contributed by atoms with Gasteiger partial charge in [-0.1, -0.05) is 0 Å². The molecule has 2 aliphatic heterocycles. The van der Waals surface area contributed by atoms with Crippen molar-refractivity contribution in [3.63, 3.8) is 0 Å². The van der Waals surface area contributed by atoms with Gasteiger partial charge in [0.05, 0.1) is 0 Å². The molecule has 0 unspecified atom stereocenters. The summed E-state index contributed by atoms with van der Waals surface area (Å²) in [6.45, 7) is 0. The van der Waals surface area contributed by atoms with Crippen LogP contribution in [0.5, 0.6) is 0 Å². The molecule has 64 valence electrons. The summed E-state index contributed by atoms with van der Waals surface area (Å²) in [5.74, 6) is 0.145. The zero-order valence-corrected chi connectivity index (χ0v) is 6.54. The normalized spacial score (nSPS) is 17.2. The highest BCUT2D eigenvalue weighted by Crippen LogP contribution is 1.93. The lowest BCUT2D eigenvalue weighted by atomic mass is 10.3. The first kappa shape index (κ1) is 10.6. The molecule has 0 saturated heterocycles. The monoisotopic (exact) mass is 188 g/mol. The molecular weight excluding hydrogens is 184 g/mol. The summed E-state index contributed by atoms with van der Waals surface area (Å²) < 4.78 is 0. The molecule has 2 rings (SSSR count). The van der Waals surface area contributed by atoms with Gasteiger partial charge in [0.1, 0.15) is 6.34 Å². The zero-order valence-electron chi connectivity index (χ0n) is 5.78. The number of halogens is 1. The summed E-state index contributed by atoms with van der Waals surface area (Å²) in [5, 5.41) is 0. The van der Waals surface area contributed by atoms with Crippen molar-refractivity contribution in [1.29, 1.82) is 0 Å². The van der Waals surface area contributed by atoms with Crippen LogP contribution in [0.3, 0.4) is 0 Å². The third-order valence-electron chi connectivity index (χ3n) is 1.18. The summed E-state index contributed by atoms with van der Waals surface area (Å²) in [6.07, 6.45) is 2.62. The predicted molar refractivity (Wildman–Crippen MR) is 39.0 cm³/mol. The lowest BCUT2D eigenvalue weighted by Crippen LogP contribution is -3.00. The Morgan fingerprint density at radius 1 is 1.33 bits per heavy atom. The summed E-state index contributed by atoms with van der Waals surface area (Å²) in [4.78, 5) is 24.4.